The van der Waals surface area contributed by atoms with Crippen molar-refractivity contribution in [1.82, 2.24) is 9.80 Å². The van der Waals surface area contributed by atoms with Gasteiger partial charge in [0.05, 0.1) is 4.92 Å². The molecule has 1 aromatic rings. The first-order valence-corrected chi connectivity index (χ1v) is 8.12. The molecule has 1 heterocycles. The van der Waals surface area contributed by atoms with E-state index in [4.69, 9.17) is 12.2 Å². The number of allylic oxidation sites excluding steroid dienone is 2. The number of carbonyl (C=O) groups is 2. The van der Waals surface area contributed by atoms with Crippen LogP contribution in [-0.4, -0.2) is 44.7 Å². The highest BCUT2D eigenvalue weighted by Crippen LogP contribution is 2.18. The fraction of sp³-hybridized carbons (Fsp3) is 0.235. The Balaban J connectivity index is 2.25. The van der Waals surface area contributed by atoms with Crippen LogP contribution in [0.3, 0.4) is 0 Å². The van der Waals surface area contributed by atoms with Gasteiger partial charge in [-0.15, -0.1) is 0 Å². The van der Waals surface area contributed by atoms with E-state index in [1.807, 2.05) is 0 Å². The summed E-state index contributed by atoms with van der Waals surface area (Å²) in [5.74, 6) is -0.842. The Morgan fingerprint density at radius 2 is 1.60 bits per heavy atom. The van der Waals surface area contributed by atoms with E-state index in [0.717, 1.165) is 0 Å². The van der Waals surface area contributed by atoms with Gasteiger partial charge in [0.2, 0.25) is 0 Å². The van der Waals surface area contributed by atoms with Crippen LogP contribution in [0, 0.1) is 10.1 Å². The zero-order valence-electron chi connectivity index (χ0n) is 13.8. The number of nitro benzene ring substituents is 1. The van der Waals surface area contributed by atoms with Crippen LogP contribution in [0.25, 0.3) is 6.08 Å². The molecule has 0 N–H and O–H groups in total. The molecular weight excluding hydrogens is 342 g/mol. The summed E-state index contributed by atoms with van der Waals surface area (Å²) in [6, 6.07) is 5.95. The van der Waals surface area contributed by atoms with Crippen molar-refractivity contribution in [1.29, 1.82) is 0 Å². The topological polar surface area (TPSA) is 83.8 Å². The molecule has 1 aromatic carbocycles. The second-order valence-electron chi connectivity index (χ2n) is 5.17. The fourth-order valence-corrected chi connectivity index (χ4v) is 2.79. The second kappa shape index (κ2) is 7.80. The molecule has 1 aliphatic heterocycles. The summed E-state index contributed by atoms with van der Waals surface area (Å²) in [5.41, 5.74) is 0.752. The first kappa shape index (κ1) is 18.5. The van der Waals surface area contributed by atoms with Gasteiger partial charge in [-0.05, 0) is 49.8 Å². The maximum absolute atomic E-state index is 12.4. The fourth-order valence-electron chi connectivity index (χ4n) is 2.36. The van der Waals surface area contributed by atoms with E-state index < -0.39 is 16.7 Å². The highest BCUT2D eigenvalue weighted by molar-refractivity contribution is 7.80. The molecule has 8 heteroatoms. The van der Waals surface area contributed by atoms with Gasteiger partial charge in [0.1, 0.15) is 5.57 Å². The Kier molecular flexibility index (Phi) is 5.76. The number of rotatable bonds is 5. The first-order chi connectivity index (χ1) is 11.9. The summed E-state index contributed by atoms with van der Waals surface area (Å²) in [6.07, 6.45) is 4.68. The smallest absolute Gasteiger partial charge is 0.269 e. The largest absolute Gasteiger partial charge is 0.285 e. The molecule has 2 amide bonds. The average Bonchev–Trinajstić information content (AvgIpc) is 2.59. The third-order valence-corrected chi connectivity index (χ3v) is 4.14. The highest BCUT2D eigenvalue weighted by Gasteiger charge is 2.37. The van der Waals surface area contributed by atoms with E-state index in [0.29, 0.717) is 18.7 Å². The lowest BCUT2D eigenvalue weighted by atomic mass is 10.1. The van der Waals surface area contributed by atoms with E-state index in [-0.39, 0.29) is 16.4 Å². The van der Waals surface area contributed by atoms with Crippen LogP contribution in [0.1, 0.15) is 19.4 Å². The molecule has 7 nitrogen and oxygen atoms in total. The van der Waals surface area contributed by atoms with E-state index in [9.17, 15) is 19.7 Å². The minimum Gasteiger partial charge on any atom is -0.285 e. The maximum atomic E-state index is 12.4. The van der Waals surface area contributed by atoms with Crippen LogP contribution in [0.2, 0.25) is 0 Å². The molecule has 0 atom stereocenters. The molecule has 1 aliphatic rings. The third-order valence-electron chi connectivity index (χ3n) is 3.70. The summed E-state index contributed by atoms with van der Waals surface area (Å²) in [7, 11) is 0. The Labute approximate surface area is 150 Å². The molecule has 1 fully saturated rings. The third kappa shape index (κ3) is 3.80. The minimum atomic E-state index is -0.476. The average molecular weight is 359 g/mol. The normalized spacial score (nSPS) is 15.3. The predicted molar refractivity (Wildman–Crippen MR) is 97.6 cm³/mol. The van der Waals surface area contributed by atoms with Crippen molar-refractivity contribution in [2.75, 3.05) is 13.1 Å². The molecule has 25 heavy (non-hydrogen) atoms. The predicted octanol–water partition coefficient (Wildman–Crippen LogP) is 2.53. The van der Waals surface area contributed by atoms with Crippen molar-refractivity contribution < 1.29 is 14.5 Å². The van der Waals surface area contributed by atoms with Gasteiger partial charge < -0.3 is 0 Å². The number of likely N-dealkylation sites (N-methyl/N-ethyl adjacent to an activating group) is 2. The zero-order valence-corrected chi connectivity index (χ0v) is 14.7. The molecule has 0 saturated carbocycles. The molecule has 1 saturated heterocycles. The van der Waals surface area contributed by atoms with Crippen molar-refractivity contribution in [2.45, 2.75) is 13.8 Å². The summed E-state index contributed by atoms with van der Waals surface area (Å²) in [6.45, 7) is 4.34. The van der Waals surface area contributed by atoms with Gasteiger partial charge in [-0.1, -0.05) is 12.2 Å². The van der Waals surface area contributed by atoms with Crippen molar-refractivity contribution in [3.8, 4) is 0 Å². The SMILES string of the molecule is CCN1C(=O)C(=C/C=C/c2ccc([N+](=O)[O-])cc2)C(=O)N(CC)C1=S. The zero-order chi connectivity index (χ0) is 18.6. The van der Waals surface area contributed by atoms with Gasteiger partial charge in [-0.25, -0.2) is 0 Å². The van der Waals surface area contributed by atoms with Crippen molar-refractivity contribution in [2.24, 2.45) is 0 Å². The molecule has 0 spiro atoms. The molecule has 0 bridgehead atoms. The Bertz CT molecular complexity index is 756. The molecule has 0 unspecified atom stereocenters. The van der Waals surface area contributed by atoms with Crippen molar-refractivity contribution in [3.63, 3.8) is 0 Å². The summed E-state index contributed by atoms with van der Waals surface area (Å²) in [4.78, 5) is 37.7. The van der Waals surface area contributed by atoms with Crippen molar-refractivity contribution >= 4 is 40.9 Å². The lowest BCUT2D eigenvalue weighted by Crippen LogP contribution is -2.55. The quantitative estimate of drug-likeness (QED) is 0.265. The van der Waals surface area contributed by atoms with Crippen molar-refractivity contribution in [3.05, 3.63) is 57.7 Å². The van der Waals surface area contributed by atoms with E-state index >= 15 is 0 Å². The monoisotopic (exact) mass is 359 g/mol. The number of carbonyl (C=O) groups excluding carboxylic acids is 2. The van der Waals surface area contributed by atoms with Crippen LogP contribution in [0.4, 0.5) is 5.69 Å². The van der Waals surface area contributed by atoms with E-state index in [1.165, 1.54) is 28.0 Å². The number of thiocarbonyl (C=S) groups is 1. The van der Waals surface area contributed by atoms with Crippen LogP contribution >= 0.6 is 12.2 Å². The molecule has 130 valence electrons. The number of nitro groups is 1. The number of benzene rings is 1. The van der Waals surface area contributed by atoms with Gasteiger partial charge >= 0.3 is 0 Å². The summed E-state index contributed by atoms with van der Waals surface area (Å²) < 4.78 is 0. The second-order valence-corrected chi connectivity index (χ2v) is 5.53. The van der Waals surface area contributed by atoms with Gasteiger partial charge in [0.15, 0.2) is 5.11 Å². The Morgan fingerprint density at radius 1 is 1.08 bits per heavy atom. The summed E-state index contributed by atoms with van der Waals surface area (Å²) in [5, 5.41) is 10.9. The number of non-ortho nitro benzene ring substituents is 1. The Morgan fingerprint density at radius 3 is 2.04 bits per heavy atom. The Hall–Kier alpha value is -2.87. The number of hydrogen-bond acceptors (Lipinski definition) is 5. The lowest BCUT2D eigenvalue weighted by molar-refractivity contribution is -0.384. The van der Waals surface area contributed by atoms with E-state index in [2.05, 4.69) is 0 Å². The van der Waals surface area contributed by atoms with Gasteiger partial charge in [0.25, 0.3) is 17.5 Å². The minimum absolute atomic E-state index is 0.00108. The van der Waals surface area contributed by atoms with E-state index in [1.54, 1.807) is 38.1 Å². The molecule has 0 aromatic heterocycles. The number of nitrogens with zero attached hydrogens (tertiary/aromatic N) is 3. The number of amides is 2. The van der Waals surface area contributed by atoms with Gasteiger partial charge in [0, 0.05) is 25.2 Å². The summed E-state index contributed by atoms with van der Waals surface area (Å²) >= 11 is 5.19. The lowest BCUT2D eigenvalue weighted by Gasteiger charge is -2.35. The van der Waals surface area contributed by atoms with Gasteiger partial charge in [-0.3, -0.25) is 29.5 Å². The maximum Gasteiger partial charge on any atom is 0.269 e. The first-order valence-electron chi connectivity index (χ1n) is 7.71. The standard InChI is InChI=1S/C17H17N3O4S/c1-3-18-15(21)14(16(22)19(4-2)17(18)25)7-5-6-12-8-10-13(11-9-12)20(23)24/h5-11H,3-4H2,1-2H3/b6-5+. The van der Waals surface area contributed by atoms with Crippen LogP contribution in [0.5, 0.6) is 0 Å². The van der Waals surface area contributed by atoms with Gasteiger partial charge in [-0.2, -0.15) is 0 Å². The number of hydrogen-bond donors (Lipinski definition) is 0. The van der Waals surface area contributed by atoms with Crippen LogP contribution in [-0.2, 0) is 9.59 Å². The molecular formula is C17H17N3O4S. The molecule has 0 radical (unpaired) electrons. The van der Waals surface area contributed by atoms with Crippen LogP contribution in [0.15, 0.2) is 42.0 Å². The van der Waals surface area contributed by atoms with Crippen LogP contribution < -0.4 is 0 Å². The highest BCUT2D eigenvalue weighted by atomic mass is 32.1. The molecule has 0 aliphatic carbocycles. The molecule has 2 rings (SSSR count).